The number of carbonyl (C=O) groups is 1. The van der Waals surface area contributed by atoms with Crippen LogP contribution in [0.3, 0.4) is 0 Å². The summed E-state index contributed by atoms with van der Waals surface area (Å²) in [6.07, 6.45) is 0.782. The van der Waals surface area contributed by atoms with Crippen LogP contribution < -0.4 is 14.8 Å². The first-order chi connectivity index (χ1) is 11.7. The maximum absolute atomic E-state index is 12.0. The molecule has 0 atom stereocenters. The van der Waals surface area contributed by atoms with Crippen LogP contribution >= 0.6 is 0 Å². The van der Waals surface area contributed by atoms with E-state index in [1.807, 2.05) is 54.6 Å². The van der Waals surface area contributed by atoms with Crippen molar-refractivity contribution in [3.63, 3.8) is 0 Å². The van der Waals surface area contributed by atoms with Crippen LogP contribution in [0, 0.1) is 0 Å². The second-order valence-electron chi connectivity index (χ2n) is 5.41. The second kappa shape index (κ2) is 9.45. The third-order valence-electron chi connectivity index (χ3n) is 3.63. The zero-order chi connectivity index (χ0) is 17.2. The van der Waals surface area contributed by atoms with Crippen LogP contribution in [-0.2, 0) is 6.42 Å². The van der Waals surface area contributed by atoms with Gasteiger partial charge in [0, 0.05) is 13.6 Å². The van der Waals surface area contributed by atoms with E-state index >= 15 is 0 Å². The molecule has 0 aliphatic heterocycles. The summed E-state index contributed by atoms with van der Waals surface area (Å²) in [6.45, 7) is 1.59. The molecule has 0 radical (unpaired) electrons. The van der Waals surface area contributed by atoms with E-state index in [0.717, 1.165) is 23.5 Å². The minimum atomic E-state index is -0.0971. The fourth-order valence-electron chi connectivity index (χ4n) is 2.16. The number of likely N-dealkylation sites (N-methyl/N-ethyl adjacent to an activating group) is 1. The summed E-state index contributed by atoms with van der Waals surface area (Å²) in [4.78, 5) is 13.6. The van der Waals surface area contributed by atoms with E-state index in [-0.39, 0.29) is 6.03 Å². The van der Waals surface area contributed by atoms with Crippen molar-refractivity contribution in [3.05, 3.63) is 60.2 Å². The van der Waals surface area contributed by atoms with E-state index in [1.165, 1.54) is 0 Å². The fraction of sp³-hybridized carbons (Fsp3) is 0.316. The SMILES string of the molecule is COc1ccc(CCNC(=O)N(C)CCOc2ccccc2)cc1. The first-order valence-corrected chi connectivity index (χ1v) is 7.99. The van der Waals surface area contributed by atoms with Crippen LogP contribution in [0.25, 0.3) is 0 Å². The number of urea groups is 1. The molecule has 0 heterocycles. The van der Waals surface area contributed by atoms with E-state index in [4.69, 9.17) is 9.47 Å². The Morgan fingerprint density at radius 3 is 2.42 bits per heavy atom. The normalized spacial score (nSPS) is 10.1. The van der Waals surface area contributed by atoms with Gasteiger partial charge in [0.2, 0.25) is 0 Å². The Hall–Kier alpha value is -2.69. The molecule has 0 bridgehead atoms. The zero-order valence-corrected chi connectivity index (χ0v) is 14.2. The Bertz CT molecular complexity index is 614. The number of para-hydroxylation sites is 1. The Morgan fingerprint density at radius 1 is 1.04 bits per heavy atom. The van der Waals surface area contributed by atoms with Crippen molar-refractivity contribution in [3.8, 4) is 11.5 Å². The van der Waals surface area contributed by atoms with Crippen LogP contribution in [0.2, 0.25) is 0 Å². The molecule has 0 saturated heterocycles. The zero-order valence-electron chi connectivity index (χ0n) is 14.2. The van der Waals surface area contributed by atoms with Crippen molar-refractivity contribution in [2.45, 2.75) is 6.42 Å². The van der Waals surface area contributed by atoms with Crippen molar-refractivity contribution in [2.75, 3.05) is 33.9 Å². The number of ether oxygens (including phenoxy) is 2. The number of hydrogen-bond donors (Lipinski definition) is 1. The predicted molar refractivity (Wildman–Crippen MR) is 94.7 cm³/mol. The van der Waals surface area contributed by atoms with Crippen LogP contribution in [0.4, 0.5) is 4.79 Å². The molecule has 2 amide bonds. The summed E-state index contributed by atoms with van der Waals surface area (Å²) in [7, 11) is 3.41. The molecular formula is C19H24N2O3. The molecule has 2 aromatic carbocycles. The number of nitrogens with one attached hydrogen (secondary N) is 1. The van der Waals surface area contributed by atoms with Gasteiger partial charge in [0.05, 0.1) is 13.7 Å². The van der Waals surface area contributed by atoms with Crippen LogP contribution in [0.1, 0.15) is 5.56 Å². The van der Waals surface area contributed by atoms with Gasteiger partial charge >= 0.3 is 6.03 Å². The summed E-state index contributed by atoms with van der Waals surface area (Å²) in [5.74, 6) is 1.65. The molecule has 0 aliphatic carbocycles. The van der Waals surface area contributed by atoms with Gasteiger partial charge in [0.1, 0.15) is 18.1 Å². The molecule has 0 aliphatic rings. The van der Waals surface area contributed by atoms with E-state index < -0.39 is 0 Å². The molecule has 2 aromatic rings. The highest BCUT2D eigenvalue weighted by atomic mass is 16.5. The number of methoxy groups -OCH3 is 1. The molecule has 128 valence electrons. The van der Waals surface area contributed by atoms with Gasteiger partial charge in [-0.3, -0.25) is 0 Å². The minimum absolute atomic E-state index is 0.0971. The highest BCUT2D eigenvalue weighted by Gasteiger charge is 2.07. The molecule has 5 nitrogen and oxygen atoms in total. The minimum Gasteiger partial charge on any atom is -0.497 e. The summed E-state index contributed by atoms with van der Waals surface area (Å²) in [5.41, 5.74) is 1.16. The number of hydrogen-bond acceptors (Lipinski definition) is 3. The van der Waals surface area contributed by atoms with E-state index in [0.29, 0.717) is 19.7 Å². The smallest absolute Gasteiger partial charge is 0.317 e. The molecule has 5 heteroatoms. The maximum atomic E-state index is 12.0. The van der Waals surface area contributed by atoms with E-state index in [2.05, 4.69) is 5.32 Å². The molecule has 0 fully saturated rings. The molecule has 0 unspecified atom stereocenters. The van der Waals surface area contributed by atoms with Crippen LogP contribution in [0.5, 0.6) is 11.5 Å². The molecular weight excluding hydrogens is 304 g/mol. The van der Waals surface area contributed by atoms with Crippen molar-refractivity contribution in [1.82, 2.24) is 10.2 Å². The quantitative estimate of drug-likeness (QED) is 0.810. The van der Waals surface area contributed by atoms with Crippen molar-refractivity contribution in [1.29, 1.82) is 0 Å². The Kier molecular flexibility index (Phi) is 6.95. The highest BCUT2D eigenvalue weighted by molar-refractivity contribution is 5.73. The molecule has 24 heavy (non-hydrogen) atoms. The lowest BCUT2D eigenvalue weighted by atomic mass is 10.1. The number of benzene rings is 2. The average molecular weight is 328 g/mol. The molecule has 2 rings (SSSR count). The summed E-state index contributed by atoms with van der Waals surface area (Å²) >= 11 is 0. The number of rotatable bonds is 8. The molecule has 1 N–H and O–H groups in total. The topological polar surface area (TPSA) is 50.8 Å². The summed E-state index contributed by atoms with van der Waals surface area (Å²) in [5, 5.41) is 2.91. The summed E-state index contributed by atoms with van der Waals surface area (Å²) in [6, 6.07) is 17.3. The largest absolute Gasteiger partial charge is 0.497 e. The molecule has 0 saturated carbocycles. The molecule has 0 aromatic heterocycles. The predicted octanol–water partition coefficient (Wildman–Crippen LogP) is 2.96. The van der Waals surface area contributed by atoms with E-state index in [1.54, 1.807) is 19.1 Å². The average Bonchev–Trinajstić information content (AvgIpc) is 2.63. The lowest BCUT2D eigenvalue weighted by Crippen LogP contribution is -2.40. The first kappa shape index (κ1) is 17.7. The third-order valence-corrected chi connectivity index (χ3v) is 3.63. The standard InChI is InChI=1S/C19H24N2O3/c1-21(14-15-24-18-6-4-3-5-7-18)19(22)20-13-12-16-8-10-17(23-2)11-9-16/h3-11H,12-15H2,1-2H3,(H,20,22). The van der Waals surface area contributed by atoms with E-state index in [9.17, 15) is 4.79 Å². The molecule has 0 spiro atoms. The van der Waals surface area contributed by atoms with Gasteiger partial charge in [-0.15, -0.1) is 0 Å². The third kappa shape index (κ3) is 5.83. The highest BCUT2D eigenvalue weighted by Crippen LogP contribution is 2.11. The van der Waals surface area contributed by atoms with Crippen molar-refractivity contribution in [2.24, 2.45) is 0 Å². The Balaban J connectivity index is 1.64. The first-order valence-electron chi connectivity index (χ1n) is 7.99. The van der Waals surface area contributed by atoms with Gasteiger partial charge in [-0.05, 0) is 36.2 Å². The van der Waals surface area contributed by atoms with Crippen LogP contribution in [-0.4, -0.2) is 44.8 Å². The monoisotopic (exact) mass is 328 g/mol. The fourth-order valence-corrected chi connectivity index (χ4v) is 2.16. The van der Waals surface area contributed by atoms with Gasteiger partial charge in [0.25, 0.3) is 0 Å². The van der Waals surface area contributed by atoms with Gasteiger partial charge in [0.15, 0.2) is 0 Å². The van der Waals surface area contributed by atoms with Gasteiger partial charge < -0.3 is 19.7 Å². The van der Waals surface area contributed by atoms with Crippen LogP contribution in [0.15, 0.2) is 54.6 Å². The second-order valence-corrected chi connectivity index (χ2v) is 5.41. The Labute approximate surface area is 143 Å². The number of carbonyl (C=O) groups excluding carboxylic acids is 1. The van der Waals surface area contributed by atoms with Crippen molar-refractivity contribution >= 4 is 6.03 Å². The van der Waals surface area contributed by atoms with Crippen molar-refractivity contribution < 1.29 is 14.3 Å². The lowest BCUT2D eigenvalue weighted by Gasteiger charge is -2.18. The van der Waals surface area contributed by atoms with Gasteiger partial charge in [-0.2, -0.15) is 0 Å². The van der Waals surface area contributed by atoms with Gasteiger partial charge in [-0.25, -0.2) is 4.79 Å². The Morgan fingerprint density at radius 2 is 1.75 bits per heavy atom. The lowest BCUT2D eigenvalue weighted by molar-refractivity contribution is 0.195. The van der Waals surface area contributed by atoms with Gasteiger partial charge in [-0.1, -0.05) is 30.3 Å². The summed E-state index contributed by atoms with van der Waals surface area (Å²) < 4.78 is 10.7. The maximum Gasteiger partial charge on any atom is 0.317 e. The number of amides is 2. The number of nitrogens with zero attached hydrogens (tertiary/aromatic N) is 1.